The highest BCUT2D eigenvalue weighted by atomic mass is 16.5. The number of fused-ring (bicyclic) bond motifs is 1. The lowest BCUT2D eigenvalue weighted by Crippen LogP contribution is -2.46. The van der Waals surface area contributed by atoms with Crippen molar-refractivity contribution in [2.75, 3.05) is 50.8 Å². The molecule has 3 aliphatic heterocycles. The van der Waals surface area contributed by atoms with Crippen LogP contribution in [-0.2, 0) is 14.3 Å². The quantitative estimate of drug-likeness (QED) is 0.549. The summed E-state index contributed by atoms with van der Waals surface area (Å²) >= 11 is 0. The van der Waals surface area contributed by atoms with Gasteiger partial charge in [0.25, 0.3) is 0 Å². The van der Waals surface area contributed by atoms with Crippen molar-refractivity contribution in [3.8, 4) is 0 Å². The first kappa shape index (κ1) is 26.2. The number of benzene rings is 1. The van der Waals surface area contributed by atoms with E-state index in [0.717, 1.165) is 57.7 Å². The van der Waals surface area contributed by atoms with Crippen LogP contribution in [0.5, 0.6) is 0 Å². The first-order valence-electron chi connectivity index (χ1n) is 14.1. The molecule has 3 heterocycles. The molecule has 5 rings (SSSR count). The zero-order valence-corrected chi connectivity index (χ0v) is 22.5. The molecule has 1 aliphatic carbocycles. The van der Waals surface area contributed by atoms with Gasteiger partial charge in [-0.15, -0.1) is 0 Å². The molecule has 4 fully saturated rings. The van der Waals surface area contributed by atoms with Gasteiger partial charge in [-0.1, -0.05) is 20.8 Å². The van der Waals surface area contributed by atoms with Crippen molar-refractivity contribution in [1.82, 2.24) is 9.80 Å². The number of nitrogens with zero attached hydrogens (tertiary/aromatic N) is 3. The number of rotatable bonds is 9. The molecule has 1 aromatic rings. The Balaban J connectivity index is 1.46. The fourth-order valence-corrected chi connectivity index (χ4v) is 6.70. The molecule has 0 unspecified atom stereocenters. The number of likely N-dealkylation sites (tertiary alicyclic amines) is 1. The molecule has 0 bridgehead atoms. The van der Waals surface area contributed by atoms with Gasteiger partial charge in [0.15, 0.2) is 5.78 Å². The van der Waals surface area contributed by atoms with Crippen molar-refractivity contribution in [1.29, 1.82) is 0 Å². The lowest BCUT2D eigenvalue weighted by Gasteiger charge is -2.36. The number of piperazine rings is 1. The van der Waals surface area contributed by atoms with Crippen molar-refractivity contribution >= 4 is 23.3 Å². The molecule has 4 aliphatic rings. The molecule has 37 heavy (non-hydrogen) atoms. The van der Waals surface area contributed by atoms with E-state index in [1.165, 1.54) is 0 Å². The second-order valence-electron chi connectivity index (χ2n) is 11.8. The number of carbonyl (C=O) groups is 3. The van der Waals surface area contributed by atoms with Crippen molar-refractivity contribution in [2.45, 2.75) is 64.5 Å². The normalized spacial score (nSPS) is 27.1. The van der Waals surface area contributed by atoms with Gasteiger partial charge in [-0.3, -0.25) is 19.3 Å². The van der Waals surface area contributed by atoms with Crippen LogP contribution < -0.4 is 10.6 Å². The maximum atomic E-state index is 14.3. The molecule has 3 saturated heterocycles. The second kappa shape index (κ2) is 10.7. The zero-order valence-electron chi connectivity index (χ0n) is 22.5. The SMILES string of the molecule is CCCN1CCN(c2ccc(C(N)=O)c([C@H](CC(C)C)C(=O)N3C[C@@H](C4CC4)[C@H]4OCC(=O)[C@H]43)c2)CC1. The van der Waals surface area contributed by atoms with Crippen molar-refractivity contribution < 1.29 is 19.1 Å². The van der Waals surface area contributed by atoms with Crippen molar-refractivity contribution in [3.05, 3.63) is 29.3 Å². The molecule has 2 amide bonds. The number of anilines is 1. The highest BCUT2D eigenvalue weighted by molar-refractivity contribution is 5.99. The highest BCUT2D eigenvalue weighted by Gasteiger charge is 2.56. The van der Waals surface area contributed by atoms with Gasteiger partial charge in [0.2, 0.25) is 11.8 Å². The minimum absolute atomic E-state index is 0.00128. The van der Waals surface area contributed by atoms with Crippen LogP contribution >= 0.6 is 0 Å². The first-order chi connectivity index (χ1) is 17.8. The van der Waals surface area contributed by atoms with Crippen LogP contribution in [0.4, 0.5) is 5.69 Å². The van der Waals surface area contributed by atoms with Crippen LogP contribution in [-0.4, -0.2) is 85.4 Å². The molecule has 8 heteroatoms. The Hall–Kier alpha value is -2.45. The predicted octanol–water partition coefficient (Wildman–Crippen LogP) is 2.65. The van der Waals surface area contributed by atoms with E-state index in [9.17, 15) is 14.4 Å². The molecular weight excluding hydrogens is 468 g/mol. The number of Topliss-reactive ketones (excluding diaryl/α,β-unsaturated/α-hetero) is 1. The molecule has 0 aromatic heterocycles. The van der Waals surface area contributed by atoms with Gasteiger partial charge in [-0.05, 0) is 67.8 Å². The van der Waals surface area contributed by atoms with Crippen molar-refractivity contribution in [2.24, 2.45) is 23.5 Å². The number of primary amides is 1. The first-order valence-corrected chi connectivity index (χ1v) is 14.1. The Bertz CT molecular complexity index is 1030. The zero-order chi connectivity index (χ0) is 26.3. The summed E-state index contributed by atoms with van der Waals surface area (Å²) in [5, 5.41) is 0. The summed E-state index contributed by atoms with van der Waals surface area (Å²) in [4.78, 5) is 46.3. The van der Waals surface area contributed by atoms with E-state index < -0.39 is 17.9 Å². The van der Waals surface area contributed by atoms with E-state index in [2.05, 4.69) is 30.6 Å². The molecule has 0 spiro atoms. The molecule has 2 N–H and O–H groups in total. The summed E-state index contributed by atoms with van der Waals surface area (Å²) in [5.74, 6) is -0.139. The van der Waals surface area contributed by atoms with Crippen LogP contribution in [0, 0.1) is 17.8 Å². The standard InChI is InChI=1S/C29H42N4O4/c1-4-9-31-10-12-32(13-11-31)20-7-8-21(28(30)35)22(15-20)23(14-18(2)3)29(36)33-16-24(19-5-6-19)27-26(33)25(34)17-37-27/h7-8,15,18-19,23-24,26-27H,4-6,9-14,16-17H2,1-3H3,(H2,30,35)/t23-,24-,26+,27+/m0/s1. The largest absolute Gasteiger partial charge is 0.369 e. The maximum absolute atomic E-state index is 14.3. The third-order valence-electron chi connectivity index (χ3n) is 8.69. The van der Waals surface area contributed by atoms with Crippen LogP contribution in [0.3, 0.4) is 0 Å². The Morgan fingerprint density at radius 2 is 1.86 bits per heavy atom. The fraction of sp³-hybridized carbons (Fsp3) is 0.690. The predicted molar refractivity (Wildman–Crippen MR) is 143 cm³/mol. The number of nitrogens with two attached hydrogens (primary N) is 1. The van der Waals surface area contributed by atoms with E-state index in [1.54, 1.807) is 11.0 Å². The molecule has 1 saturated carbocycles. The summed E-state index contributed by atoms with van der Waals surface area (Å²) in [5.41, 5.74) is 7.95. The monoisotopic (exact) mass is 510 g/mol. The summed E-state index contributed by atoms with van der Waals surface area (Å²) in [6.45, 7) is 11.9. The van der Waals surface area contributed by atoms with Gasteiger partial charge in [0, 0.05) is 49.9 Å². The van der Waals surface area contributed by atoms with Gasteiger partial charge < -0.3 is 20.3 Å². The van der Waals surface area contributed by atoms with Gasteiger partial charge in [-0.25, -0.2) is 0 Å². The molecule has 0 radical (unpaired) electrons. The summed E-state index contributed by atoms with van der Waals surface area (Å²) in [6.07, 6.45) is 3.82. The Kier molecular flexibility index (Phi) is 7.59. The summed E-state index contributed by atoms with van der Waals surface area (Å²) < 4.78 is 5.91. The number of ketones is 1. The van der Waals surface area contributed by atoms with Gasteiger partial charge in [0.1, 0.15) is 12.6 Å². The Morgan fingerprint density at radius 3 is 2.49 bits per heavy atom. The topological polar surface area (TPSA) is 96.2 Å². The molecule has 202 valence electrons. The van der Waals surface area contributed by atoms with E-state index in [1.807, 2.05) is 12.1 Å². The number of hydrogen-bond donors (Lipinski definition) is 1. The van der Waals surface area contributed by atoms with Crippen molar-refractivity contribution in [3.63, 3.8) is 0 Å². The minimum atomic E-state index is -0.532. The number of amides is 2. The Labute approximate surface area is 220 Å². The second-order valence-corrected chi connectivity index (χ2v) is 11.8. The van der Waals surface area contributed by atoms with Crippen LogP contribution in [0.2, 0.25) is 0 Å². The molecule has 1 aromatic carbocycles. The number of carbonyl (C=O) groups excluding carboxylic acids is 3. The number of ether oxygens (including phenoxy) is 1. The number of hydrogen-bond acceptors (Lipinski definition) is 6. The van der Waals surface area contributed by atoms with E-state index in [-0.39, 0.29) is 36.2 Å². The fourth-order valence-electron chi connectivity index (χ4n) is 6.70. The highest BCUT2D eigenvalue weighted by Crippen LogP contribution is 2.47. The third kappa shape index (κ3) is 5.28. The lowest BCUT2D eigenvalue weighted by atomic mass is 9.85. The molecular formula is C29H42N4O4. The Morgan fingerprint density at radius 1 is 1.14 bits per heavy atom. The summed E-state index contributed by atoms with van der Waals surface area (Å²) in [6, 6.07) is 5.26. The average molecular weight is 511 g/mol. The van der Waals surface area contributed by atoms with Crippen LogP contribution in [0.15, 0.2) is 18.2 Å². The van der Waals surface area contributed by atoms with Gasteiger partial charge in [-0.2, -0.15) is 0 Å². The average Bonchev–Trinajstić information content (AvgIpc) is 3.55. The van der Waals surface area contributed by atoms with Crippen LogP contribution in [0.25, 0.3) is 0 Å². The van der Waals surface area contributed by atoms with Gasteiger partial charge >= 0.3 is 0 Å². The summed E-state index contributed by atoms with van der Waals surface area (Å²) in [7, 11) is 0. The minimum Gasteiger partial charge on any atom is -0.369 e. The third-order valence-corrected chi connectivity index (χ3v) is 8.69. The maximum Gasteiger partial charge on any atom is 0.249 e. The van der Waals surface area contributed by atoms with Crippen LogP contribution in [0.1, 0.15) is 68.3 Å². The van der Waals surface area contributed by atoms with Gasteiger partial charge in [0.05, 0.1) is 12.0 Å². The van der Waals surface area contributed by atoms with E-state index in [0.29, 0.717) is 30.0 Å². The molecule has 4 atom stereocenters. The van der Waals surface area contributed by atoms with E-state index >= 15 is 0 Å². The smallest absolute Gasteiger partial charge is 0.249 e. The van der Waals surface area contributed by atoms with E-state index in [4.69, 9.17) is 10.5 Å². The lowest BCUT2D eigenvalue weighted by molar-refractivity contribution is -0.138. The molecule has 8 nitrogen and oxygen atoms in total.